The van der Waals surface area contributed by atoms with Crippen LogP contribution in [0.25, 0.3) is 33.9 Å². The third-order valence-corrected chi connectivity index (χ3v) is 24.6. The summed E-state index contributed by atoms with van der Waals surface area (Å²) >= 11 is 2.47. The van der Waals surface area contributed by atoms with Gasteiger partial charge in [0.25, 0.3) is 0 Å². The summed E-state index contributed by atoms with van der Waals surface area (Å²) in [5.74, 6) is 0. The second kappa shape index (κ2) is 60.3. The molecule has 0 unspecified atom stereocenters. The molecule has 0 saturated heterocycles. The fourth-order valence-corrected chi connectivity index (χ4v) is 17.3. The summed E-state index contributed by atoms with van der Waals surface area (Å²) < 4.78 is 16.5. The van der Waals surface area contributed by atoms with Crippen LogP contribution in [0, 0.1) is 13.8 Å². The second-order valence-electron chi connectivity index (χ2n) is 33.0. The molecule has 0 N–H and O–H groups in total. The van der Waals surface area contributed by atoms with Crippen molar-refractivity contribution in [3.05, 3.63) is 306 Å². The van der Waals surface area contributed by atoms with Crippen LogP contribution in [0.1, 0.15) is 366 Å². The quantitative estimate of drug-likeness (QED) is 0.0217. The molecule has 0 spiro atoms. The van der Waals surface area contributed by atoms with E-state index in [2.05, 4.69) is 215 Å². The molecule has 8 heteroatoms. The van der Waals surface area contributed by atoms with Gasteiger partial charge in [0.1, 0.15) is 0 Å². The zero-order valence-corrected chi connectivity index (χ0v) is 77.0. The molecule has 0 aromatic heterocycles. The van der Waals surface area contributed by atoms with Crippen molar-refractivity contribution < 1.29 is 46.7 Å². The minimum absolute atomic E-state index is 0.565. The summed E-state index contributed by atoms with van der Waals surface area (Å²) in [6.45, 7) is 23.6. The first-order valence-corrected chi connectivity index (χ1v) is 48.7. The molecule has 0 bridgehead atoms. The molecule has 0 amide bonds. The van der Waals surface area contributed by atoms with E-state index in [1.807, 2.05) is 60.7 Å². The van der Waals surface area contributed by atoms with E-state index in [0.717, 1.165) is 111 Å². The molecule has 118 heavy (non-hydrogen) atoms. The first kappa shape index (κ1) is 97.9. The van der Waals surface area contributed by atoms with Gasteiger partial charge in [0.2, 0.25) is 22.8 Å². The van der Waals surface area contributed by atoms with Gasteiger partial charge >= 0.3 is 205 Å². The van der Waals surface area contributed by atoms with Gasteiger partial charge in [-0.15, -0.1) is 0 Å². The Hall–Kier alpha value is -7.17. The number of benzene rings is 8. The third-order valence-electron chi connectivity index (χ3n) is 22.8. The summed E-state index contributed by atoms with van der Waals surface area (Å²) in [6.07, 6.45) is 52.0. The fraction of sp³-hybridized carbons (Fsp3) is 0.491. The van der Waals surface area contributed by atoms with Crippen LogP contribution in [0.5, 0.6) is 0 Å². The van der Waals surface area contributed by atoms with E-state index in [4.69, 9.17) is 7.76 Å². The predicted octanol–water partition coefficient (Wildman–Crippen LogP) is 32.5. The summed E-state index contributed by atoms with van der Waals surface area (Å²) in [5, 5.41) is 0. The van der Waals surface area contributed by atoms with Crippen molar-refractivity contribution in [1.29, 1.82) is 0 Å². The Labute approximate surface area is 731 Å². The molecule has 8 aromatic carbocycles. The van der Waals surface area contributed by atoms with Gasteiger partial charge in [0.05, 0.1) is 0 Å². The number of nitrogens with zero attached hydrogens (tertiary/aromatic N) is 4. The van der Waals surface area contributed by atoms with Crippen LogP contribution in [0.15, 0.2) is 229 Å². The molecule has 6 nitrogen and oxygen atoms in total. The summed E-state index contributed by atoms with van der Waals surface area (Å²) in [4.78, 5) is 0. The molecule has 2 aliphatic heterocycles. The first-order valence-electron chi connectivity index (χ1n) is 46.9. The van der Waals surface area contributed by atoms with Gasteiger partial charge in [-0.1, -0.05) is 271 Å². The van der Waals surface area contributed by atoms with Crippen LogP contribution in [-0.4, -0.2) is 9.39 Å². The molecule has 0 saturated carbocycles. The molecular formula is C110H152N4Ni2O2. The summed E-state index contributed by atoms with van der Waals surface area (Å²) in [6, 6.07) is 73.7. The average Bonchev–Trinajstić information content (AvgIpc) is 1.61. The Balaban J connectivity index is 0.000000238. The van der Waals surface area contributed by atoms with Crippen molar-refractivity contribution in [3.63, 3.8) is 0 Å². The summed E-state index contributed by atoms with van der Waals surface area (Å²) in [5.41, 5.74) is 48.9. The normalized spacial score (nSPS) is 12.7. The molecule has 0 aliphatic carbocycles. The van der Waals surface area contributed by atoms with Crippen LogP contribution < -0.4 is 9.07 Å². The first-order chi connectivity index (χ1) is 58.0. The Morgan fingerprint density at radius 3 is 0.822 bits per heavy atom. The standard InChI is InChI=1S/C44H68N2.C38H56N2.2C7H7O.2C7H7.2Ni/c1-5-9-13-16-19-22-27-38-28-25-29-40(36-38)44-42(31-24-21-18-15-11-7-3)41(30-23-20-17-14-10-6-2)43(46(44)45)39-34-32-37(33-35-39)26-12-8-4;1-5-9-13-14-15-18-21-32-22-19-23-34(30-32)38-36(25-17-11-7-3)35(24-16-10-6-2)37(40(38)39)33-28-26-31(27-29-33)20-12-8-4;2*8-6-7-4-2-1-3-5-7;2*1-7-5-3-2-4-6-7;;/h25,28-29,32-36H,5-24,26-27,30-31H2,1-4H3;19,22-23,26-30H,5-18,20-21,24-25H2,1-4H3;2*1-5H,6H2;2*3-6H,1H3;;/q;;2*-1;;;;+2. The zero-order chi connectivity index (χ0) is 83.8. The molecular weight excluding hydrogens is 1530 g/mol. The van der Waals surface area contributed by atoms with E-state index in [1.165, 1.54) is 294 Å². The van der Waals surface area contributed by atoms with Crippen molar-refractivity contribution in [3.8, 4) is 0 Å². The monoisotopic (exact) mass is 1680 g/mol. The van der Waals surface area contributed by atoms with Gasteiger partial charge in [-0.25, -0.2) is 9.39 Å². The van der Waals surface area contributed by atoms with Crippen molar-refractivity contribution in [1.82, 2.24) is 0 Å². The Bertz CT molecular complexity index is 4110. The van der Waals surface area contributed by atoms with Crippen LogP contribution in [0.3, 0.4) is 0 Å². The zero-order valence-electron chi connectivity index (χ0n) is 75.0. The van der Waals surface area contributed by atoms with Crippen molar-refractivity contribution in [2.75, 3.05) is 0 Å². The van der Waals surface area contributed by atoms with E-state index in [-0.39, 0.29) is 0 Å². The van der Waals surface area contributed by atoms with Gasteiger partial charge in [-0.3, -0.25) is 0 Å². The fourth-order valence-electron chi connectivity index (χ4n) is 15.8. The minimum atomic E-state index is 0.565. The van der Waals surface area contributed by atoms with E-state index in [0.29, 0.717) is 13.2 Å². The van der Waals surface area contributed by atoms with Gasteiger partial charge in [0.15, 0.2) is 0 Å². The third kappa shape index (κ3) is 36.3. The number of allylic oxidation sites excluding steroid dienone is 4. The van der Waals surface area contributed by atoms with E-state index >= 15 is 0 Å². The van der Waals surface area contributed by atoms with Gasteiger partial charge in [0, 0.05) is 44.5 Å². The van der Waals surface area contributed by atoms with Crippen molar-refractivity contribution in [2.24, 2.45) is 0 Å². The summed E-state index contributed by atoms with van der Waals surface area (Å²) in [7, 11) is 0. The van der Waals surface area contributed by atoms with E-state index in [1.54, 1.807) is 23.8 Å². The molecule has 0 atom stereocenters. The van der Waals surface area contributed by atoms with E-state index in [9.17, 15) is 11.1 Å². The molecule has 0 radical (unpaired) electrons. The Morgan fingerprint density at radius 1 is 0.237 bits per heavy atom. The average molecular weight is 1680 g/mol. The predicted molar refractivity (Wildman–Crippen MR) is 500 cm³/mol. The maximum absolute atomic E-state index is 12.2. The maximum atomic E-state index is 12.2. The van der Waals surface area contributed by atoms with Crippen LogP contribution >= 0.6 is 0 Å². The molecule has 2 aliphatic rings. The van der Waals surface area contributed by atoms with Crippen LogP contribution in [-0.2, 0) is 76.2 Å². The van der Waals surface area contributed by atoms with Gasteiger partial charge < -0.3 is 11.1 Å². The van der Waals surface area contributed by atoms with Crippen LogP contribution in [0.4, 0.5) is 0 Å². The van der Waals surface area contributed by atoms with Crippen LogP contribution in [0.2, 0.25) is 0 Å². The van der Waals surface area contributed by atoms with E-state index < -0.39 is 0 Å². The number of rotatable bonds is 54. The number of hydrogen-bond donors (Lipinski definition) is 0. The Morgan fingerprint density at radius 2 is 0.500 bits per heavy atom. The molecule has 644 valence electrons. The molecule has 2 heterocycles. The molecule has 10 rings (SSSR count). The topological polar surface area (TPSA) is 69.1 Å². The molecule has 8 aromatic rings. The number of unbranched alkanes of at least 4 members (excludes halogenated alkanes) is 26. The van der Waals surface area contributed by atoms with Gasteiger partial charge in [-0.2, -0.15) is 0 Å². The molecule has 0 fully saturated rings. The number of aryl methyl sites for hydroxylation is 6. The number of hydrogen-bond acceptors (Lipinski definition) is 2. The Kier molecular flexibility index (Phi) is 50.1. The van der Waals surface area contributed by atoms with Crippen molar-refractivity contribution >= 4 is 31.9 Å². The van der Waals surface area contributed by atoms with Gasteiger partial charge in [-0.05, 0) is 174 Å². The SMILES string of the molecule is CCCCCCCCC1=C(c2ccc(CCCC)cc2)[N+](=[N-])C(c2cccc(CCCCCCCC)c2)=C1CCCCCCCC.CCCCCCCCc1cccc(C2=C(CCCCC)C(CCCCC)=C(c3ccc(CCCC)cc3)[N+]2=[N-])c1.Cc1cc[c]([Ni][c]2ccc(C)cc2)cc1.c1ccc(C[O][Ni][O]Cc2ccccc2)cc1. The second-order valence-corrected chi connectivity index (χ2v) is 35.1. The van der Waals surface area contributed by atoms with Crippen molar-refractivity contribution in [2.45, 2.75) is 352 Å².